The van der Waals surface area contributed by atoms with E-state index in [1.165, 1.54) is 0 Å². The van der Waals surface area contributed by atoms with Gasteiger partial charge in [0.1, 0.15) is 38.1 Å². The van der Waals surface area contributed by atoms with Crippen LogP contribution in [0.1, 0.15) is 80.1 Å². The van der Waals surface area contributed by atoms with Crippen molar-refractivity contribution in [3.05, 3.63) is 12.0 Å². The number of carbonyl (C=O) groups excluding carboxylic acids is 2. The Bertz CT molecular complexity index is 853. The lowest BCUT2D eigenvalue weighted by Gasteiger charge is -2.34. The van der Waals surface area contributed by atoms with Gasteiger partial charge in [0.2, 0.25) is 5.91 Å². The number of hydrogen-bond donors (Lipinski definition) is 4. The first-order valence-electron chi connectivity index (χ1n) is 17.9. The van der Waals surface area contributed by atoms with Crippen LogP contribution in [0.2, 0.25) is 0 Å². The van der Waals surface area contributed by atoms with Crippen molar-refractivity contribution >= 4 is 11.7 Å². The maximum absolute atomic E-state index is 12.2. The van der Waals surface area contributed by atoms with Crippen LogP contribution in [0.3, 0.4) is 0 Å². The van der Waals surface area contributed by atoms with Gasteiger partial charge in [0.25, 0.3) is 0 Å². The molecule has 3 unspecified atom stereocenters. The second-order valence-electron chi connectivity index (χ2n) is 14.5. The molecule has 0 aliphatic carbocycles. The van der Waals surface area contributed by atoms with Crippen molar-refractivity contribution in [1.82, 2.24) is 20.4 Å². The van der Waals surface area contributed by atoms with Gasteiger partial charge in [-0.15, -0.1) is 0 Å². The van der Waals surface area contributed by atoms with E-state index in [9.17, 15) is 19.8 Å². The van der Waals surface area contributed by atoms with E-state index in [1.54, 1.807) is 0 Å². The first-order valence-corrected chi connectivity index (χ1v) is 17.9. The van der Waals surface area contributed by atoms with Gasteiger partial charge in [0.15, 0.2) is 12.5 Å². The second-order valence-corrected chi connectivity index (χ2v) is 14.5. The average molecular weight is 659 g/mol. The lowest BCUT2D eigenvalue weighted by Crippen LogP contribution is -2.51. The number of hydrogen-bond acceptors (Lipinski definition) is 8. The van der Waals surface area contributed by atoms with E-state index < -0.39 is 6.10 Å². The van der Waals surface area contributed by atoms with Crippen LogP contribution in [-0.4, -0.2) is 160 Å². The van der Waals surface area contributed by atoms with Crippen LogP contribution >= 0.6 is 0 Å². The van der Waals surface area contributed by atoms with Crippen LogP contribution < -0.4 is 10.6 Å². The summed E-state index contributed by atoms with van der Waals surface area (Å²) in [4.78, 5) is 28.7. The molecule has 0 aromatic carbocycles. The lowest BCUT2D eigenvalue weighted by molar-refractivity contribution is -0.916. The van der Waals surface area contributed by atoms with E-state index in [1.807, 2.05) is 27.0 Å². The lowest BCUT2D eigenvalue weighted by atomic mass is 10.1. The normalized spacial score (nSPS) is 14.7. The largest absolute Gasteiger partial charge is 0.506 e. The van der Waals surface area contributed by atoms with E-state index in [2.05, 4.69) is 69.4 Å². The molecule has 0 spiro atoms. The van der Waals surface area contributed by atoms with Gasteiger partial charge in [-0.25, -0.2) is 0 Å². The van der Waals surface area contributed by atoms with Gasteiger partial charge in [-0.3, -0.25) is 14.5 Å². The van der Waals surface area contributed by atoms with Crippen molar-refractivity contribution in [1.29, 1.82) is 0 Å². The van der Waals surface area contributed by atoms with Gasteiger partial charge in [-0.1, -0.05) is 41.0 Å². The predicted octanol–water partition coefficient (Wildman–Crippen LogP) is 3.20. The van der Waals surface area contributed by atoms with E-state index in [4.69, 9.17) is 4.74 Å². The highest BCUT2D eigenvalue weighted by Crippen LogP contribution is 2.08. The highest BCUT2D eigenvalue weighted by molar-refractivity contribution is 5.83. The van der Waals surface area contributed by atoms with E-state index in [-0.39, 0.29) is 23.7 Å². The van der Waals surface area contributed by atoms with Crippen LogP contribution in [-0.2, 0) is 14.3 Å². The number of rotatable bonds is 29. The Morgan fingerprint density at radius 3 is 2.17 bits per heavy atom. The number of ketones is 1. The van der Waals surface area contributed by atoms with E-state index >= 15 is 0 Å². The molecule has 272 valence electrons. The molecule has 0 fully saturated rings. The summed E-state index contributed by atoms with van der Waals surface area (Å²) in [5, 5.41) is 28.1. The summed E-state index contributed by atoms with van der Waals surface area (Å²) in [5.74, 6) is 0.686. The van der Waals surface area contributed by atoms with Gasteiger partial charge < -0.3 is 39.4 Å². The van der Waals surface area contributed by atoms with Crippen LogP contribution in [0.4, 0.5) is 0 Å². The summed E-state index contributed by atoms with van der Waals surface area (Å²) >= 11 is 0. The number of quaternary nitrogens is 2. The smallest absolute Gasteiger partial charge is 0.222 e. The molecule has 0 aliphatic heterocycles. The maximum Gasteiger partial charge on any atom is 0.222 e. The fourth-order valence-electron chi connectivity index (χ4n) is 5.59. The van der Waals surface area contributed by atoms with Crippen LogP contribution in [0.25, 0.3) is 0 Å². The van der Waals surface area contributed by atoms with Crippen molar-refractivity contribution in [2.45, 2.75) is 92.2 Å². The third-order valence-corrected chi connectivity index (χ3v) is 8.15. The number of ether oxygens (including phenoxy) is 1. The molecule has 0 aromatic rings. The van der Waals surface area contributed by atoms with Gasteiger partial charge >= 0.3 is 0 Å². The minimum Gasteiger partial charge on any atom is -0.506 e. The van der Waals surface area contributed by atoms with Gasteiger partial charge in [0.05, 0.1) is 34.2 Å². The van der Waals surface area contributed by atoms with Crippen LogP contribution in [0.15, 0.2) is 12.0 Å². The molecule has 4 N–H and O–H groups in total. The quantitative estimate of drug-likeness (QED) is 0.0420. The first kappa shape index (κ1) is 44.2. The predicted molar refractivity (Wildman–Crippen MR) is 189 cm³/mol. The number of Topliss-reactive ketones (excluding diaryl/α,β-unsaturated/α-hetero) is 1. The number of nitrogens with zero attached hydrogens (tertiary/aromatic N) is 4. The van der Waals surface area contributed by atoms with E-state index in [0.717, 1.165) is 64.8 Å². The first-order chi connectivity index (χ1) is 21.6. The fourth-order valence-corrected chi connectivity index (χ4v) is 5.59. The number of aliphatic hydroxyl groups excluding tert-OH is 2. The zero-order valence-electron chi connectivity index (χ0n) is 31.4. The SMILES string of the molecule is CCCC(=O)C(C)NCCN(CCC)CC(O)C[N+](C)(C)COCC[N+](C)(C)CC(O)=CN(CCC)CCNC(=O)C(C)CCC. The van der Waals surface area contributed by atoms with Gasteiger partial charge in [-0.2, -0.15) is 0 Å². The molecule has 0 heterocycles. The molecule has 11 heteroatoms. The van der Waals surface area contributed by atoms with Crippen molar-refractivity contribution in [2.24, 2.45) is 5.92 Å². The number of nitrogens with one attached hydrogen (secondary N) is 2. The summed E-state index contributed by atoms with van der Waals surface area (Å²) in [6, 6.07) is -0.134. The monoisotopic (exact) mass is 659 g/mol. The minimum absolute atomic E-state index is 0.0240. The summed E-state index contributed by atoms with van der Waals surface area (Å²) in [6.07, 6.45) is 6.65. The molecule has 0 radical (unpaired) electrons. The average Bonchev–Trinajstić information content (AvgIpc) is 2.95. The van der Waals surface area contributed by atoms with Crippen molar-refractivity contribution in [3.63, 3.8) is 0 Å². The number of likely N-dealkylation sites (N-methyl/N-ethyl adjacent to an activating group) is 2. The molecule has 0 saturated carbocycles. The Hall–Kier alpha value is -1.76. The number of amides is 1. The van der Waals surface area contributed by atoms with Crippen molar-refractivity contribution in [2.75, 3.05) is 107 Å². The molecule has 0 aromatic heterocycles. The van der Waals surface area contributed by atoms with Crippen LogP contribution in [0, 0.1) is 5.92 Å². The maximum atomic E-state index is 12.2. The number of aliphatic hydroxyl groups is 2. The van der Waals surface area contributed by atoms with Gasteiger partial charge in [-0.05, 0) is 39.2 Å². The third-order valence-electron chi connectivity index (χ3n) is 8.15. The standard InChI is InChI=1S/C35H72N6O5/c1-11-15-30(5)35(45)37-18-22-39(20-14-4)25-32(42)27-40(7,8)23-24-46-29-41(9,10)28-33(43)26-38(19-13-3)21-17-36-31(6)34(44)16-12-2/h25,30-31,33,36,43H,11-24,26-29H2,1-10H3/p+2. The van der Waals surface area contributed by atoms with Gasteiger partial charge in [0, 0.05) is 57.8 Å². The Labute approximate surface area is 282 Å². The topological polar surface area (TPSA) is 114 Å². The Morgan fingerprint density at radius 1 is 0.891 bits per heavy atom. The molecule has 0 bridgehead atoms. The Kier molecular flexibility index (Phi) is 23.5. The zero-order chi connectivity index (χ0) is 35.2. The summed E-state index contributed by atoms with van der Waals surface area (Å²) < 4.78 is 7.19. The molecule has 0 aliphatic rings. The molecule has 46 heavy (non-hydrogen) atoms. The zero-order valence-corrected chi connectivity index (χ0v) is 31.4. The second kappa shape index (κ2) is 24.4. The molecular weight excluding hydrogens is 584 g/mol. The summed E-state index contributed by atoms with van der Waals surface area (Å²) in [6.45, 7) is 20.1. The summed E-state index contributed by atoms with van der Waals surface area (Å²) in [7, 11) is 8.29. The van der Waals surface area contributed by atoms with Crippen molar-refractivity contribution in [3.8, 4) is 0 Å². The highest BCUT2D eigenvalue weighted by Gasteiger charge is 2.24. The van der Waals surface area contributed by atoms with Crippen molar-refractivity contribution < 1.29 is 33.5 Å². The Balaban J connectivity index is 4.68. The van der Waals surface area contributed by atoms with E-state index in [0.29, 0.717) is 67.2 Å². The molecular formula is C35H74N6O5+2. The summed E-state index contributed by atoms with van der Waals surface area (Å²) in [5.41, 5.74) is 0. The molecule has 3 atom stereocenters. The third kappa shape index (κ3) is 21.9. The fraction of sp³-hybridized carbons (Fsp3) is 0.886. The molecule has 11 nitrogen and oxygen atoms in total. The molecule has 0 rings (SSSR count). The molecule has 1 amide bonds. The molecule has 0 saturated heterocycles. The van der Waals surface area contributed by atoms with Crippen LogP contribution in [0.5, 0.6) is 0 Å². The highest BCUT2D eigenvalue weighted by atomic mass is 16.5. The Morgan fingerprint density at radius 2 is 1.57 bits per heavy atom. The number of carbonyl (C=O) groups is 2. The minimum atomic E-state index is -0.488.